The van der Waals surface area contributed by atoms with E-state index in [1.807, 2.05) is 26.0 Å². The predicted octanol–water partition coefficient (Wildman–Crippen LogP) is 1.69. The summed E-state index contributed by atoms with van der Waals surface area (Å²) in [6, 6.07) is 7.25. The van der Waals surface area contributed by atoms with Crippen LogP contribution in [0.25, 0.3) is 0 Å². The molecule has 1 heterocycles. The first-order valence-electron chi connectivity index (χ1n) is 4.87. The van der Waals surface area contributed by atoms with Gasteiger partial charge in [0, 0.05) is 5.56 Å². The molecule has 1 unspecified atom stereocenters. The standard InChI is InChI=1S/C11H14N2OS/c1-11(2)10(15)12-9(13-11)7-5-3-4-6-8(7)14/h3-6,9,13-14H,1-2H3,(H,12,15). The van der Waals surface area contributed by atoms with Crippen molar-refractivity contribution in [2.45, 2.75) is 25.6 Å². The van der Waals surface area contributed by atoms with Gasteiger partial charge in [-0.15, -0.1) is 0 Å². The molecule has 0 aromatic heterocycles. The molecule has 15 heavy (non-hydrogen) atoms. The van der Waals surface area contributed by atoms with Gasteiger partial charge >= 0.3 is 0 Å². The van der Waals surface area contributed by atoms with Crippen LogP contribution in [0.4, 0.5) is 0 Å². The van der Waals surface area contributed by atoms with Crippen LogP contribution in [0, 0.1) is 0 Å². The fourth-order valence-electron chi connectivity index (χ4n) is 1.66. The number of benzene rings is 1. The lowest BCUT2D eigenvalue weighted by atomic mass is 10.1. The topological polar surface area (TPSA) is 44.3 Å². The van der Waals surface area contributed by atoms with Crippen LogP contribution in [-0.2, 0) is 0 Å². The monoisotopic (exact) mass is 222 g/mol. The second-order valence-electron chi connectivity index (χ2n) is 4.23. The minimum Gasteiger partial charge on any atom is -0.508 e. The highest BCUT2D eigenvalue weighted by molar-refractivity contribution is 7.80. The molecule has 1 aromatic carbocycles. The Labute approximate surface area is 94.5 Å². The summed E-state index contributed by atoms with van der Waals surface area (Å²) in [6.45, 7) is 4.03. The number of phenols is 1. The second kappa shape index (κ2) is 3.47. The Morgan fingerprint density at radius 2 is 2.00 bits per heavy atom. The van der Waals surface area contributed by atoms with Gasteiger partial charge in [-0.2, -0.15) is 0 Å². The zero-order chi connectivity index (χ0) is 11.1. The number of phenolic OH excluding ortho intramolecular Hbond substituents is 1. The fraction of sp³-hybridized carbons (Fsp3) is 0.364. The highest BCUT2D eigenvalue weighted by atomic mass is 32.1. The largest absolute Gasteiger partial charge is 0.508 e. The zero-order valence-electron chi connectivity index (χ0n) is 8.74. The van der Waals surface area contributed by atoms with E-state index in [2.05, 4.69) is 10.6 Å². The maximum absolute atomic E-state index is 9.70. The van der Waals surface area contributed by atoms with Crippen molar-refractivity contribution in [3.63, 3.8) is 0 Å². The summed E-state index contributed by atoms with van der Waals surface area (Å²) >= 11 is 5.22. The van der Waals surface area contributed by atoms with Crippen molar-refractivity contribution in [1.82, 2.24) is 10.6 Å². The summed E-state index contributed by atoms with van der Waals surface area (Å²) in [5, 5.41) is 16.2. The number of rotatable bonds is 1. The predicted molar refractivity (Wildman–Crippen MR) is 63.8 cm³/mol. The molecule has 2 rings (SSSR count). The molecule has 4 heteroatoms. The van der Waals surface area contributed by atoms with E-state index in [-0.39, 0.29) is 17.5 Å². The van der Waals surface area contributed by atoms with Crippen LogP contribution in [0.1, 0.15) is 25.6 Å². The summed E-state index contributed by atoms with van der Waals surface area (Å²) in [6.07, 6.45) is -0.103. The lowest BCUT2D eigenvalue weighted by Crippen LogP contribution is -2.38. The highest BCUT2D eigenvalue weighted by Crippen LogP contribution is 2.28. The number of thiocarbonyl (C=S) groups is 1. The van der Waals surface area contributed by atoms with Crippen molar-refractivity contribution in [3.8, 4) is 5.75 Å². The summed E-state index contributed by atoms with van der Waals surface area (Å²) in [5.41, 5.74) is 0.605. The van der Waals surface area contributed by atoms with Gasteiger partial charge in [0.15, 0.2) is 0 Å². The molecule has 0 radical (unpaired) electrons. The Hall–Kier alpha value is -1.13. The van der Waals surface area contributed by atoms with Crippen molar-refractivity contribution in [2.75, 3.05) is 0 Å². The van der Waals surface area contributed by atoms with Gasteiger partial charge in [0.2, 0.25) is 0 Å². The molecular weight excluding hydrogens is 208 g/mol. The van der Waals surface area contributed by atoms with Crippen LogP contribution in [0.2, 0.25) is 0 Å². The van der Waals surface area contributed by atoms with E-state index in [1.54, 1.807) is 12.1 Å². The van der Waals surface area contributed by atoms with Gasteiger partial charge in [-0.05, 0) is 19.9 Å². The number of aromatic hydroxyl groups is 1. The van der Waals surface area contributed by atoms with Gasteiger partial charge in [0.1, 0.15) is 11.9 Å². The SMILES string of the molecule is CC1(C)NC(c2ccccc2O)NC1=S. The van der Waals surface area contributed by atoms with E-state index in [4.69, 9.17) is 12.2 Å². The van der Waals surface area contributed by atoms with Gasteiger partial charge < -0.3 is 10.4 Å². The molecule has 1 aliphatic rings. The molecule has 1 aliphatic heterocycles. The number of para-hydroxylation sites is 1. The lowest BCUT2D eigenvalue weighted by Gasteiger charge is -2.18. The first kappa shape index (κ1) is 10.4. The minimum absolute atomic E-state index is 0.103. The minimum atomic E-state index is -0.220. The van der Waals surface area contributed by atoms with Gasteiger partial charge in [-0.3, -0.25) is 5.32 Å². The Bertz CT molecular complexity index is 403. The molecule has 0 aliphatic carbocycles. The normalized spacial score (nSPS) is 23.9. The number of hydrogen-bond acceptors (Lipinski definition) is 3. The van der Waals surface area contributed by atoms with E-state index in [1.165, 1.54) is 0 Å². The number of hydrogen-bond donors (Lipinski definition) is 3. The quantitative estimate of drug-likeness (QED) is 0.633. The average Bonchev–Trinajstić information content (AvgIpc) is 2.42. The van der Waals surface area contributed by atoms with Gasteiger partial charge in [0.05, 0.1) is 10.5 Å². The first-order chi connectivity index (χ1) is 7.00. The van der Waals surface area contributed by atoms with Crippen LogP contribution in [-0.4, -0.2) is 15.6 Å². The van der Waals surface area contributed by atoms with Gasteiger partial charge in [-0.1, -0.05) is 30.4 Å². The molecule has 0 spiro atoms. The average molecular weight is 222 g/mol. The Balaban J connectivity index is 2.29. The molecular formula is C11H14N2OS. The highest BCUT2D eigenvalue weighted by Gasteiger charge is 2.36. The molecule has 80 valence electrons. The third kappa shape index (κ3) is 1.82. The Morgan fingerprint density at radius 3 is 2.53 bits per heavy atom. The van der Waals surface area contributed by atoms with E-state index in [9.17, 15) is 5.11 Å². The molecule has 0 bridgehead atoms. The summed E-state index contributed by atoms with van der Waals surface area (Å²) < 4.78 is 0. The lowest BCUT2D eigenvalue weighted by molar-refractivity contribution is 0.430. The van der Waals surface area contributed by atoms with E-state index in [0.717, 1.165) is 10.6 Å². The van der Waals surface area contributed by atoms with E-state index < -0.39 is 0 Å². The smallest absolute Gasteiger partial charge is 0.122 e. The van der Waals surface area contributed by atoms with Gasteiger partial charge in [0.25, 0.3) is 0 Å². The van der Waals surface area contributed by atoms with Crippen LogP contribution in [0.15, 0.2) is 24.3 Å². The molecule has 1 atom stereocenters. The maximum Gasteiger partial charge on any atom is 0.122 e. The van der Waals surface area contributed by atoms with Crippen molar-refractivity contribution in [2.24, 2.45) is 0 Å². The molecule has 1 fully saturated rings. The van der Waals surface area contributed by atoms with E-state index >= 15 is 0 Å². The molecule has 1 saturated heterocycles. The second-order valence-corrected chi connectivity index (χ2v) is 4.64. The maximum atomic E-state index is 9.70. The van der Waals surface area contributed by atoms with Crippen molar-refractivity contribution >= 4 is 17.2 Å². The Kier molecular flexibility index (Phi) is 2.40. The van der Waals surface area contributed by atoms with Crippen LogP contribution >= 0.6 is 12.2 Å². The van der Waals surface area contributed by atoms with Crippen LogP contribution in [0.3, 0.4) is 0 Å². The van der Waals surface area contributed by atoms with Gasteiger partial charge in [-0.25, -0.2) is 0 Å². The molecule has 0 saturated carbocycles. The van der Waals surface area contributed by atoms with Crippen LogP contribution < -0.4 is 10.6 Å². The van der Waals surface area contributed by atoms with E-state index in [0.29, 0.717) is 0 Å². The third-order valence-electron chi connectivity index (χ3n) is 2.60. The van der Waals surface area contributed by atoms with Crippen LogP contribution in [0.5, 0.6) is 5.75 Å². The third-order valence-corrected chi connectivity index (χ3v) is 3.22. The fourth-order valence-corrected chi connectivity index (χ4v) is 1.84. The molecule has 1 aromatic rings. The molecule has 3 nitrogen and oxygen atoms in total. The van der Waals surface area contributed by atoms with Crippen molar-refractivity contribution in [3.05, 3.63) is 29.8 Å². The van der Waals surface area contributed by atoms with Crippen molar-refractivity contribution < 1.29 is 5.11 Å². The number of nitrogens with one attached hydrogen (secondary N) is 2. The molecule has 0 amide bonds. The zero-order valence-corrected chi connectivity index (χ0v) is 9.56. The summed E-state index contributed by atoms with van der Waals surface area (Å²) in [4.78, 5) is 0.774. The van der Waals surface area contributed by atoms with Crippen molar-refractivity contribution in [1.29, 1.82) is 0 Å². The summed E-state index contributed by atoms with van der Waals surface area (Å²) in [5.74, 6) is 0.281. The Morgan fingerprint density at radius 1 is 1.33 bits per heavy atom. The summed E-state index contributed by atoms with van der Waals surface area (Å²) in [7, 11) is 0. The first-order valence-corrected chi connectivity index (χ1v) is 5.28. The molecule has 3 N–H and O–H groups in total.